The molecule has 0 aliphatic rings. The lowest BCUT2D eigenvalue weighted by molar-refractivity contribution is -0.129. The highest BCUT2D eigenvalue weighted by Gasteiger charge is 2.12. The van der Waals surface area contributed by atoms with Crippen LogP contribution in [0, 0.1) is 19.7 Å². The summed E-state index contributed by atoms with van der Waals surface area (Å²) in [6, 6.07) is 11.9. The number of hydrogen-bond acceptors (Lipinski definition) is 2. The lowest BCUT2D eigenvalue weighted by Crippen LogP contribution is -2.34. The number of carbonyl (C=O) groups is 2. The minimum absolute atomic E-state index is 0.0891. The van der Waals surface area contributed by atoms with Gasteiger partial charge >= 0.3 is 0 Å². The van der Waals surface area contributed by atoms with Gasteiger partial charge < -0.3 is 10.2 Å². The summed E-state index contributed by atoms with van der Waals surface area (Å²) in [5, 5.41) is 2.83. The predicted molar refractivity (Wildman–Crippen MR) is 97.6 cm³/mol. The van der Waals surface area contributed by atoms with Gasteiger partial charge in [-0.25, -0.2) is 4.39 Å². The number of amides is 2. The van der Waals surface area contributed by atoms with Crippen molar-refractivity contribution in [3.63, 3.8) is 0 Å². The Morgan fingerprint density at radius 1 is 1.08 bits per heavy atom. The molecule has 0 aromatic heterocycles. The molecule has 0 saturated heterocycles. The summed E-state index contributed by atoms with van der Waals surface area (Å²) in [4.78, 5) is 25.5. The van der Waals surface area contributed by atoms with E-state index in [-0.39, 0.29) is 18.4 Å². The van der Waals surface area contributed by atoms with E-state index in [1.165, 1.54) is 30.2 Å². The average Bonchev–Trinajstić information content (AvgIpc) is 2.57. The molecule has 0 radical (unpaired) electrons. The van der Waals surface area contributed by atoms with Crippen molar-refractivity contribution in [3.05, 3.63) is 71.0 Å². The molecule has 0 bridgehead atoms. The molecule has 0 heterocycles. The molecule has 0 saturated carbocycles. The molecule has 1 N–H and O–H groups in total. The van der Waals surface area contributed by atoms with Crippen LogP contribution in [0.25, 0.3) is 6.08 Å². The van der Waals surface area contributed by atoms with Crippen LogP contribution in [0.15, 0.2) is 48.5 Å². The first-order valence-electron chi connectivity index (χ1n) is 7.92. The molecule has 0 aliphatic heterocycles. The number of carbonyl (C=O) groups excluding carboxylic acids is 2. The Morgan fingerprint density at radius 3 is 2.36 bits per heavy atom. The molecule has 0 aliphatic carbocycles. The van der Waals surface area contributed by atoms with Crippen LogP contribution in [0.4, 0.5) is 10.1 Å². The minimum atomic E-state index is -0.401. The molecule has 0 spiro atoms. The van der Waals surface area contributed by atoms with Gasteiger partial charge in [-0.2, -0.15) is 0 Å². The van der Waals surface area contributed by atoms with Gasteiger partial charge in [0.2, 0.25) is 11.8 Å². The van der Waals surface area contributed by atoms with Gasteiger partial charge in [-0.1, -0.05) is 36.4 Å². The van der Waals surface area contributed by atoms with Crippen LogP contribution in [0.2, 0.25) is 0 Å². The highest BCUT2D eigenvalue weighted by atomic mass is 19.1. The molecule has 25 heavy (non-hydrogen) atoms. The van der Waals surface area contributed by atoms with E-state index in [4.69, 9.17) is 0 Å². The van der Waals surface area contributed by atoms with E-state index in [1.54, 1.807) is 18.2 Å². The van der Waals surface area contributed by atoms with Gasteiger partial charge in [0.05, 0.1) is 6.54 Å². The topological polar surface area (TPSA) is 49.4 Å². The smallest absolute Gasteiger partial charge is 0.246 e. The first-order valence-corrected chi connectivity index (χ1v) is 7.92. The van der Waals surface area contributed by atoms with Crippen molar-refractivity contribution < 1.29 is 14.0 Å². The molecule has 4 nitrogen and oxygen atoms in total. The number of hydrogen-bond donors (Lipinski definition) is 1. The molecule has 0 atom stereocenters. The molecule has 0 unspecified atom stereocenters. The van der Waals surface area contributed by atoms with Crippen LogP contribution in [-0.4, -0.2) is 30.3 Å². The third kappa shape index (κ3) is 5.01. The van der Waals surface area contributed by atoms with Crippen molar-refractivity contribution in [1.82, 2.24) is 4.90 Å². The number of anilines is 1. The van der Waals surface area contributed by atoms with Crippen LogP contribution >= 0.6 is 0 Å². The maximum absolute atomic E-state index is 13.5. The summed E-state index contributed by atoms with van der Waals surface area (Å²) in [5.74, 6) is -1.06. The number of para-hydroxylation sites is 1. The van der Waals surface area contributed by atoms with Crippen molar-refractivity contribution in [2.75, 3.05) is 18.9 Å². The fourth-order valence-electron chi connectivity index (χ4n) is 2.38. The van der Waals surface area contributed by atoms with Crippen molar-refractivity contribution in [1.29, 1.82) is 0 Å². The van der Waals surface area contributed by atoms with Gasteiger partial charge in [0.25, 0.3) is 0 Å². The first-order chi connectivity index (χ1) is 11.9. The van der Waals surface area contributed by atoms with Crippen molar-refractivity contribution in [3.8, 4) is 0 Å². The normalized spacial score (nSPS) is 10.7. The third-order valence-electron chi connectivity index (χ3n) is 3.81. The highest BCUT2D eigenvalue weighted by Crippen LogP contribution is 2.19. The van der Waals surface area contributed by atoms with Crippen LogP contribution in [0.5, 0.6) is 0 Å². The number of aryl methyl sites for hydroxylation is 2. The Labute approximate surface area is 147 Å². The van der Waals surface area contributed by atoms with Gasteiger partial charge in [-0.05, 0) is 37.1 Å². The van der Waals surface area contributed by atoms with E-state index in [0.29, 0.717) is 5.56 Å². The molecule has 5 heteroatoms. The van der Waals surface area contributed by atoms with Crippen LogP contribution in [0.1, 0.15) is 16.7 Å². The van der Waals surface area contributed by atoms with E-state index >= 15 is 0 Å². The fourth-order valence-corrected chi connectivity index (χ4v) is 2.38. The zero-order valence-electron chi connectivity index (χ0n) is 14.5. The van der Waals surface area contributed by atoms with Gasteiger partial charge in [-0.3, -0.25) is 9.59 Å². The maximum atomic E-state index is 13.5. The summed E-state index contributed by atoms with van der Waals surface area (Å²) < 4.78 is 13.5. The second-order valence-electron chi connectivity index (χ2n) is 5.86. The molecule has 130 valence electrons. The number of rotatable bonds is 5. The van der Waals surface area contributed by atoms with E-state index in [9.17, 15) is 14.0 Å². The first kappa shape index (κ1) is 18.4. The Hall–Kier alpha value is -2.95. The molecule has 2 amide bonds. The lowest BCUT2D eigenvalue weighted by Gasteiger charge is -2.16. The minimum Gasteiger partial charge on any atom is -0.333 e. The number of halogens is 1. The van der Waals surface area contributed by atoms with Crippen LogP contribution < -0.4 is 5.32 Å². The lowest BCUT2D eigenvalue weighted by atomic mass is 10.1. The standard InChI is InChI=1S/C20H21FN2O2/c1-14-7-6-8-15(2)20(14)22-18(24)13-23(3)19(25)12-11-16-9-4-5-10-17(16)21/h4-12H,13H2,1-3H3,(H,22,24)/b12-11+. The number of benzene rings is 2. The number of nitrogens with zero attached hydrogens (tertiary/aromatic N) is 1. The average molecular weight is 340 g/mol. The van der Waals surface area contributed by atoms with Gasteiger partial charge in [0.15, 0.2) is 0 Å². The Bertz CT molecular complexity index is 795. The van der Waals surface area contributed by atoms with Crippen LogP contribution in [0.3, 0.4) is 0 Å². The van der Waals surface area contributed by atoms with Gasteiger partial charge in [-0.15, -0.1) is 0 Å². The van der Waals surface area contributed by atoms with E-state index in [0.717, 1.165) is 16.8 Å². The van der Waals surface area contributed by atoms with Crippen molar-refractivity contribution >= 4 is 23.6 Å². The Morgan fingerprint density at radius 2 is 1.72 bits per heavy atom. The molecule has 0 fully saturated rings. The van der Waals surface area contributed by atoms with Crippen LogP contribution in [-0.2, 0) is 9.59 Å². The zero-order valence-corrected chi connectivity index (χ0v) is 14.5. The summed E-state index contributed by atoms with van der Waals surface area (Å²) in [5.41, 5.74) is 3.00. The monoisotopic (exact) mass is 340 g/mol. The summed E-state index contributed by atoms with van der Waals surface area (Å²) in [6.07, 6.45) is 2.66. The van der Waals surface area contributed by atoms with Crippen molar-refractivity contribution in [2.45, 2.75) is 13.8 Å². The second kappa shape index (κ2) is 8.24. The molecule has 2 rings (SSSR count). The Kier molecular flexibility index (Phi) is 6.06. The number of likely N-dealkylation sites (N-methyl/N-ethyl adjacent to an activating group) is 1. The molecule has 2 aromatic rings. The summed E-state index contributed by atoms with van der Waals surface area (Å²) in [6.45, 7) is 3.73. The predicted octanol–water partition coefficient (Wildman–Crippen LogP) is 3.55. The largest absolute Gasteiger partial charge is 0.333 e. The van der Waals surface area contributed by atoms with Gasteiger partial charge in [0, 0.05) is 24.4 Å². The number of nitrogens with one attached hydrogen (secondary N) is 1. The quantitative estimate of drug-likeness (QED) is 0.846. The molecular formula is C20H21FN2O2. The summed E-state index contributed by atoms with van der Waals surface area (Å²) >= 11 is 0. The van der Waals surface area contributed by atoms with E-state index in [1.807, 2.05) is 32.0 Å². The second-order valence-corrected chi connectivity index (χ2v) is 5.86. The zero-order chi connectivity index (χ0) is 18.4. The third-order valence-corrected chi connectivity index (χ3v) is 3.81. The molecule has 2 aromatic carbocycles. The highest BCUT2D eigenvalue weighted by molar-refractivity contribution is 5.98. The maximum Gasteiger partial charge on any atom is 0.246 e. The van der Waals surface area contributed by atoms with Crippen molar-refractivity contribution in [2.24, 2.45) is 0 Å². The fraction of sp³-hybridized carbons (Fsp3) is 0.200. The molecular weight excluding hydrogens is 319 g/mol. The van der Waals surface area contributed by atoms with E-state index in [2.05, 4.69) is 5.32 Å². The Balaban J connectivity index is 1.97. The SMILES string of the molecule is Cc1cccc(C)c1NC(=O)CN(C)C(=O)/C=C/c1ccccc1F. The summed E-state index contributed by atoms with van der Waals surface area (Å²) in [7, 11) is 1.53. The van der Waals surface area contributed by atoms with E-state index < -0.39 is 5.82 Å². The van der Waals surface area contributed by atoms with Gasteiger partial charge in [0.1, 0.15) is 5.82 Å².